The van der Waals surface area contributed by atoms with Gasteiger partial charge < -0.3 is 5.32 Å². The molecule has 1 aliphatic heterocycles. The van der Waals surface area contributed by atoms with Gasteiger partial charge in [0.2, 0.25) is 11.8 Å². The van der Waals surface area contributed by atoms with Gasteiger partial charge in [0.1, 0.15) is 0 Å². The van der Waals surface area contributed by atoms with E-state index in [1.54, 1.807) is 0 Å². The Balaban J connectivity index is 1.60. The molecule has 1 fully saturated rings. The van der Waals surface area contributed by atoms with Gasteiger partial charge in [-0.2, -0.15) is 0 Å². The molecule has 3 rings (SSSR count). The molecule has 128 valence electrons. The number of imide groups is 1. The topological polar surface area (TPSA) is 75.3 Å². The van der Waals surface area contributed by atoms with E-state index >= 15 is 0 Å². The number of carbonyl (C=O) groups is 3. The summed E-state index contributed by atoms with van der Waals surface area (Å²) in [6.07, 6.45) is 0.483. The Hall–Kier alpha value is -2.60. The van der Waals surface area contributed by atoms with Gasteiger partial charge in [-0.25, -0.2) is 0 Å². The van der Waals surface area contributed by atoms with Crippen molar-refractivity contribution in [3.8, 4) is 0 Å². The number of benzene rings is 2. The minimum absolute atomic E-state index is 0.0738. The van der Waals surface area contributed by atoms with E-state index in [0.717, 1.165) is 22.9 Å². The molecule has 0 aromatic heterocycles. The molecule has 25 heavy (non-hydrogen) atoms. The highest BCUT2D eigenvalue weighted by atomic mass is 32.2. The number of anilines is 1. The zero-order valence-electron chi connectivity index (χ0n) is 13.7. The van der Waals surface area contributed by atoms with Crippen LogP contribution in [0.15, 0.2) is 54.6 Å². The summed E-state index contributed by atoms with van der Waals surface area (Å²) in [5, 5.41) is 4.50. The van der Waals surface area contributed by atoms with E-state index in [2.05, 4.69) is 10.6 Å². The lowest BCUT2D eigenvalue weighted by atomic mass is 10.0. The fraction of sp³-hybridized carbons (Fsp3) is 0.211. The Morgan fingerprint density at radius 2 is 1.80 bits per heavy atom. The Labute approximate surface area is 150 Å². The van der Waals surface area contributed by atoms with Gasteiger partial charge in [0.05, 0.1) is 11.2 Å². The van der Waals surface area contributed by atoms with Crippen molar-refractivity contribution in [2.45, 2.75) is 24.5 Å². The van der Waals surface area contributed by atoms with E-state index < -0.39 is 0 Å². The maximum Gasteiger partial charge on any atom is 0.286 e. The lowest BCUT2D eigenvalue weighted by Crippen LogP contribution is -2.25. The molecular formula is C19H18N2O3S. The number of hydrogen-bond donors (Lipinski definition) is 2. The number of hydrogen-bond acceptors (Lipinski definition) is 4. The van der Waals surface area contributed by atoms with E-state index in [4.69, 9.17) is 0 Å². The third-order valence-electron chi connectivity index (χ3n) is 4.10. The van der Waals surface area contributed by atoms with Crippen LogP contribution in [0.4, 0.5) is 10.5 Å². The predicted molar refractivity (Wildman–Crippen MR) is 98.6 cm³/mol. The van der Waals surface area contributed by atoms with Crippen LogP contribution in [0.3, 0.4) is 0 Å². The Bertz CT molecular complexity index is 790. The second kappa shape index (κ2) is 7.53. The second-order valence-corrected chi connectivity index (χ2v) is 7.08. The molecule has 3 amide bonds. The number of rotatable bonds is 5. The van der Waals surface area contributed by atoms with Crippen molar-refractivity contribution in [1.82, 2.24) is 5.32 Å². The van der Waals surface area contributed by atoms with Crippen LogP contribution in [0.25, 0.3) is 0 Å². The third kappa shape index (κ3) is 4.28. The van der Waals surface area contributed by atoms with E-state index in [9.17, 15) is 14.4 Å². The molecule has 0 aliphatic carbocycles. The van der Waals surface area contributed by atoms with Crippen molar-refractivity contribution in [2.75, 3.05) is 5.32 Å². The predicted octanol–water partition coefficient (Wildman–Crippen LogP) is 3.32. The summed E-state index contributed by atoms with van der Waals surface area (Å²) in [6.45, 7) is 1.87. The summed E-state index contributed by atoms with van der Waals surface area (Å²) in [4.78, 5) is 35.1. The number of carbonyl (C=O) groups excluding carboxylic acids is 3. The largest absolute Gasteiger partial charge is 0.326 e. The van der Waals surface area contributed by atoms with Crippen LogP contribution < -0.4 is 10.6 Å². The van der Waals surface area contributed by atoms with Gasteiger partial charge in [-0.05, 0) is 36.6 Å². The van der Waals surface area contributed by atoms with Crippen LogP contribution in [-0.2, 0) is 16.0 Å². The van der Waals surface area contributed by atoms with Gasteiger partial charge in [-0.15, -0.1) is 0 Å². The smallest absolute Gasteiger partial charge is 0.286 e. The summed E-state index contributed by atoms with van der Waals surface area (Å²) in [6, 6.07) is 16.9. The highest BCUT2D eigenvalue weighted by molar-refractivity contribution is 8.15. The maximum atomic E-state index is 12.4. The first-order chi connectivity index (χ1) is 12.0. The normalized spacial score (nSPS) is 17.9. The lowest BCUT2D eigenvalue weighted by Gasteiger charge is -2.13. The zero-order valence-corrected chi connectivity index (χ0v) is 14.5. The van der Waals surface area contributed by atoms with E-state index in [0.29, 0.717) is 12.1 Å². The summed E-state index contributed by atoms with van der Waals surface area (Å²) in [7, 11) is 0. The average molecular weight is 354 g/mol. The maximum absolute atomic E-state index is 12.4. The number of nitrogens with one attached hydrogen (secondary N) is 2. The van der Waals surface area contributed by atoms with Crippen LogP contribution in [0, 0.1) is 0 Å². The van der Waals surface area contributed by atoms with Gasteiger partial charge in [0, 0.05) is 5.69 Å². The van der Waals surface area contributed by atoms with Crippen molar-refractivity contribution in [3.63, 3.8) is 0 Å². The fourth-order valence-electron chi connectivity index (χ4n) is 2.61. The summed E-state index contributed by atoms with van der Waals surface area (Å²) >= 11 is 1.02. The van der Waals surface area contributed by atoms with Crippen LogP contribution in [0.2, 0.25) is 0 Å². The summed E-state index contributed by atoms with van der Waals surface area (Å²) in [5.74, 6) is -0.565. The highest BCUT2D eigenvalue weighted by Crippen LogP contribution is 2.24. The van der Waals surface area contributed by atoms with E-state index in [-0.39, 0.29) is 28.2 Å². The Morgan fingerprint density at radius 3 is 2.40 bits per heavy atom. The van der Waals surface area contributed by atoms with Crippen molar-refractivity contribution in [3.05, 3.63) is 65.7 Å². The number of amides is 3. The second-order valence-electron chi connectivity index (χ2n) is 5.91. The van der Waals surface area contributed by atoms with Crippen molar-refractivity contribution >= 4 is 34.5 Å². The quantitative estimate of drug-likeness (QED) is 0.864. The highest BCUT2D eigenvalue weighted by Gasteiger charge is 2.31. The molecule has 2 atom stereocenters. The molecule has 2 aromatic carbocycles. The third-order valence-corrected chi connectivity index (χ3v) is 5.08. The molecular weight excluding hydrogens is 336 g/mol. The standard InChI is InChI=1S/C19H18N2O3S/c1-12(14-5-3-2-4-6-14)17(22)20-15-9-7-13(8-10-15)11-16-18(23)21-19(24)25-16/h2-10,12,16H,11H2,1H3,(H,20,22)(H,21,23,24)/t12-,16?/m0/s1. The first-order valence-corrected chi connectivity index (χ1v) is 8.87. The van der Waals surface area contributed by atoms with Crippen LogP contribution in [0.1, 0.15) is 24.0 Å². The summed E-state index contributed by atoms with van der Waals surface area (Å²) < 4.78 is 0. The molecule has 0 spiro atoms. The van der Waals surface area contributed by atoms with Crippen molar-refractivity contribution in [1.29, 1.82) is 0 Å². The van der Waals surface area contributed by atoms with Crippen LogP contribution in [0.5, 0.6) is 0 Å². The van der Waals surface area contributed by atoms with E-state index in [1.807, 2.05) is 61.5 Å². The van der Waals surface area contributed by atoms with Gasteiger partial charge in [-0.3, -0.25) is 19.7 Å². The van der Waals surface area contributed by atoms with Gasteiger partial charge in [-0.1, -0.05) is 54.2 Å². The van der Waals surface area contributed by atoms with Crippen LogP contribution in [-0.4, -0.2) is 22.3 Å². The molecule has 5 nitrogen and oxygen atoms in total. The molecule has 6 heteroatoms. The summed E-state index contributed by atoms with van der Waals surface area (Å²) in [5.41, 5.74) is 2.61. The van der Waals surface area contributed by atoms with Crippen molar-refractivity contribution < 1.29 is 14.4 Å². The average Bonchev–Trinajstić information content (AvgIpc) is 2.94. The Morgan fingerprint density at radius 1 is 1.12 bits per heavy atom. The fourth-order valence-corrected chi connectivity index (χ4v) is 3.47. The molecule has 1 saturated heterocycles. The minimum atomic E-state index is -0.383. The Kier molecular flexibility index (Phi) is 5.19. The molecule has 1 unspecified atom stereocenters. The molecule has 2 N–H and O–H groups in total. The lowest BCUT2D eigenvalue weighted by molar-refractivity contribution is -0.119. The van der Waals surface area contributed by atoms with Gasteiger partial charge in [0.25, 0.3) is 5.24 Å². The van der Waals surface area contributed by atoms with E-state index in [1.165, 1.54) is 0 Å². The first kappa shape index (κ1) is 17.2. The zero-order chi connectivity index (χ0) is 17.8. The molecule has 2 aromatic rings. The first-order valence-electron chi connectivity index (χ1n) is 7.99. The molecule has 1 aliphatic rings. The van der Waals surface area contributed by atoms with Crippen LogP contribution >= 0.6 is 11.8 Å². The molecule has 0 radical (unpaired) electrons. The molecule has 1 heterocycles. The SMILES string of the molecule is C[C@H](C(=O)Nc1ccc(CC2SC(=O)NC2=O)cc1)c1ccccc1. The van der Waals surface area contributed by atoms with Gasteiger partial charge in [0.15, 0.2) is 0 Å². The minimum Gasteiger partial charge on any atom is -0.326 e. The van der Waals surface area contributed by atoms with Gasteiger partial charge >= 0.3 is 0 Å². The van der Waals surface area contributed by atoms with Crippen molar-refractivity contribution in [2.24, 2.45) is 0 Å². The molecule has 0 saturated carbocycles. The molecule has 0 bridgehead atoms. The number of thioether (sulfide) groups is 1. The monoisotopic (exact) mass is 354 g/mol.